The summed E-state index contributed by atoms with van der Waals surface area (Å²) in [5, 5.41) is 0. The van der Waals surface area contributed by atoms with Gasteiger partial charge >= 0.3 is 0 Å². The van der Waals surface area contributed by atoms with E-state index in [9.17, 15) is 4.79 Å². The number of carbonyl (C=O) groups is 1. The van der Waals surface area contributed by atoms with E-state index < -0.39 is 5.91 Å². The van der Waals surface area contributed by atoms with Crippen molar-refractivity contribution < 1.29 is 9.53 Å². The molecule has 3 aromatic rings. The number of hydrogen-bond donors (Lipinski definition) is 1. The lowest BCUT2D eigenvalue weighted by Crippen LogP contribution is -2.15. The first-order chi connectivity index (χ1) is 14.7. The molecule has 1 amide bonds. The van der Waals surface area contributed by atoms with Crippen molar-refractivity contribution in [1.29, 1.82) is 0 Å². The van der Waals surface area contributed by atoms with E-state index in [0.29, 0.717) is 11.5 Å². The molecule has 31 heavy (non-hydrogen) atoms. The van der Waals surface area contributed by atoms with Gasteiger partial charge in [0.15, 0.2) is 0 Å². The van der Waals surface area contributed by atoms with Gasteiger partial charge in [0.2, 0.25) is 5.91 Å². The molecule has 0 aromatic heterocycles. The molecule has 0 saturated heterocycles. The van der Waals surface area contributed by atoms with Crippen LogP contribution >= 0.6 is 0 Å². The summed E-state index contributed by atoms with van der Waals surface area (Å²) in [5.74, 6) is 1.23. The SMILES string of the molecule is Cc1cc(OC(c2ccc(C(N)=O)cc2)C(C)C)cc(C)c1-c1ccc(C(C)C)cc1. The van der Waals surface area contributed by atoms with Crippen LogP contribution in [0.15, 0.2) is 60.7 Å². The monoisotopic (exact) mass is 415 g/mol. The maximum atomic E-state index is 11.4. The molecule has 3 rings (SSSR count). The molecule has 0 radical (unpaired) electrons. The Balaban J connectivity index is 1.89. The lowest BCUT2D eigenvalue weighted by Gasteiger charge is -2.24. The molecule has 3 aromatic carbocycles. The molecule has 0 aliphatic rings. The van der Waals surface area contributed by atoms with Gasteiger partial charge in [-0.05, 0) is 83.3 Å². The minimum Gasteiger partial charge on any atom is -0.485 e. The summed E-state index contributed by atoms with van der Waals surface area (Å²) in [6, 6.07) is 20.5. The Morgan fingerprint density at radius 1 is 0.806 bits per heavy atom. The zero-order valence-corrected chi connectivity index (χ0v) is 19.4. The second kappa shape index (κ2) is 9.38. The molecule has 162 valence electrons. The molecule has 3 heteroatoms. The van der Waals surface area contributed by atoms with Crippen LogP contribution in [-0.2, 0) is 0 Å². The molecular formula is C28H33NO2. The number of hydrogen-bond acceptors (Lipinski definition) is 2. The van der Waals surface area contributed by atoms with E-state index in [1.807, 2.05) is 12.1 Å². The van der Waals surface area contributed by atoms with Crippen LogP contribution in [0.3, 0.4) is 0 Å². The molecule has 2 N–H and O–H groups in total. The van der Waals surface area contributed by atoms with Crippen LogP contribution in [0.5, 0.6) is 5.75 Å². The Bertz CT molecular complexity index is 1020. The number of ether oxygens (including phenoxy) is 1. The highest BCUT2D eigenvalue weighted by Gasteiger charge is 2.19. The minimum absolute atomic E-state index is 0.114. The van der Waals surface area contributed by atoms with Crippen LogP contribution in [0.1, 0.15) is 72.3 Å². The van der Waals surface area contributed by atoms with Gasteiger partial charge in [0, 0.05) is 5.56 Å². The first kappa shape index (κ1) is 22.6. The fraction of sp³-hybridized carbons (Fsp3) is 0.321. The molecular weight excluding hydrogens is 382 g/mol. The summed E-state index contributed by atoms with van der Waals surface area (Å²) in [5.41, 5.74) is 13.1. The van der Waals surface area contributed by atoms with E-state index in [2.05, 4.69) is 77.9 Å². The number of amides is 1. The van der Waals surface area contributed by atoms with Gasteiger partial charge < -0.3 is 10.5 Å². The summed E-state index contributed by atoms with van der Waals surface area (Å²) in [4.78, 5) is 11.4. The lowest BCUT2D eigenvalue weighted by atomic mass is 9.93. The predicted octanol–water partition coefficient (Wildman–Crippen LogP) is 6.97. The quantitative estimate of drug-likeness (QED) is 0.453. The van der Waals surface area contributed by atoms with Crippen molar-refractivity contribution in [2.75, 3.05) is 0 Å². The van der Waals surface area contributed by atoms with Crippen LogP contribution < -0.4 is 10.5 Å². The summed E-state index contributed by atoms with van der Waals surface area (Å²) in [7, 11) is 0. The van der Waals surface area contributed by atoms with Crippen LogP contribution in [-0.4, -0.2) is 5.91 Å². The molecule has 0 aliphatic heterocycles. The summed E-state index contributed by atoms with van der Waals surface area (Å²) >= 11 is 0. The summed E-state index contributed by atoms with van der Waals surface area (Å²) in [6.45, 7) is 13.0. The highest BCUT2D eigenvalue weighted by molar-refractivity contribution is 5.92. The predicted molar refractivity (Wildman–Crippen MR) is 129 cm³/mol. The Hall–Kier alpha value is -3.07. The van der Waals surface area contributed by atoms with Crippen molar-refractivity contribution in [3.8, 4) is 16.9 Å². The van der Waals surface area contributed by atoms with E-state index in [1.165, 1.54) is 27.8 Å². The fourth-order valence-corrected chi connectivity index (χ4v) is 4.05. The number of nitrogens with two attached hydrogens (primary N) is 1. The molecule has 0 heterocycles. The maximum Gasteiger partial charge on any atom is 0.248 e. The van der Waals surface area contributed by atoms with E-state index in [0.717, 1.165) is 11.3 Å². The highest BCUT2D eigenvalue weighted by Crippen LogP contribution is 2.35. The number of carbonyl (C=O) groups excluding carboxylic acids is 1. The van der Waals surface area contributed by atoms with E-state index in [1.54, 1.807) is 12.1 Å². The Labute approximate surface area is 186 Å². The van der Waals surface area contributed by atoms with Gasteiger partial charge in [-0.1, -0.05) is 64.1 Å². The van der Waals surface area contributed by atoms with Crippen LogP contribution in [0.2, 0.25) is 0 Å². The first-order valence-corrected chi connectivity index (χ1v) is 11.0. The Kier molecular flexibility index (Phi) is 6.84. The summed E-state index contributed by atoms with van der Waals surface area (Å²) in [6.07, 6.45) is -0.114. The number of aryl methyl sites for hydroxylation is 2. The van der Waals surface area contributed by atoms with Crippen molar-refractivity contribution in [3.05, 3.63) is 88.5 Å². The minimum atomic E-state index is -0.420. The van der Waals surface area contributed by atoms with E-state index in [-0.39, 0.29) is 12.0 Å². The van der Waals surface area contributed by atoms with Crippen molar-refractivity contribution in [2.24, 2.45) is 11.7 Å². The van der Waals surface area contributed by atoms with Gasteiger partial charge in [0.05, 0.1) is 0 Å². The third kappa shape index (κ3) is 5.16. The number of benzene rings is 3. The van der Waals surface area contributed by atoms with Crippen LogP contribution in [0.25, 0.3) is 11.1 Å². The standard InChI is InChI=1S/C28H33NO2/c1-17(2)21-7-9-22(10-8-21)26-19(5)15-25(16-20(26)6)31-27(18(3)4)23-11-13-24(14-12-23)28(29)30/h7-18,27H,1-6H3,(H2,29,30). The molecule has 0 saturated carbocycles. The topological polar surface area (TPSA) is 52.3 Å². The Morgan fingerprint density at radius 3 is 1.77 bits per heavy atom. The lowest BCUT2D eigenvalue weighted by molar-refractivity contribution is 0.1000. The fourth-order valence-electron chi connectivity index (χ4n) is 4.05. The van der Waals surface area contributed by atoms with Gasteiger partial charge in [-0.2, -0.15) is 0 Å². The molecule has 1 unspecified atom stereocenters. The molecule has 0 aliphatic carbocycles. The largest absolute Gasteiger partial charge is 0.485 e. The first-order valence-electron chi connectivity index (χ1n) is 11.0. The van der Waals surface area contributed by atoms with Crippen LogP contribution in [0.4, 0.5) is 0 Å². The second-order valence-corrected chi connectivity index (χ2v) is 8.98. The second-order valence-electron chi connectivity index (χ2n) is 8.98. The van der Waals surface area contributed by atoms with Gasteiger partial charge in [0.1, 0.15) is 11.9 Å². The normalized spacial score (nSPS) is 12.3. The number of primary amides is 1. The third-order valence-electron chi connectivity index (χ3n) is 5.76. The number of rotatable bonds is 7. The van der Waals surface area contributed by atoms with Crippen LogP contribution in [0, 0.1) is 19.8 Å². The van der Waals surface area contributed by atoms with Crippen molar-refractivity contribution in [1.82, 2.24) is 0 Å². The molecule has 0 bridgehead atoms. The zero-order valence-electron chi connectivity index (χ0n) is 19.4. The molecule has 0 fully saturated rings. The molecule has 0 spiro atoms. The van der Waals surface area contributed by atoms with Gasteiger partial charge in [-0.15, -0.1) is 0 Å². The van der Waals surface area contributed by atoms with E-state index >= 15 is 0 Å². The molecule has 1 atom stereocenters. The summed E-state index contributed by atoms with van der Waals surface area (Å²) < 4.78 is 6.45. The van der Waals surface area contributed by atoms with Gasteiger partial charge in [-0.3, -0.25) is 4.79 Å². The van der Waals surface area contributed by atoms with E-state index in [4.69, 9.17) is 10.5 Å². The smallest absolute Gasteiger partial charge is 0.248 e. The Morgan fingerprint density at radius 2 is 1.32 bits per heavy atom. The average molecular weight is 416 g/mol. The maximum absolute atomic E-state index is 11.4. The molecule has 3 nitrogen and oxygen atoms in total. The van der Waals surface area contributed by atoms with Crippen molar-refractivity contribution >= 4 is 5.91 Å². The van der Waals surface area contributed by atoms with Crippen molar-refractivity contribution in [3.63, 3.8) is 0 Å². The average Bonchev–Trinajstić information content (AvgIpc) is 2.72. The van der Waals surface area contributed by atoms with Crippen molar-refractivity contribution in [2.45, 2.75) is 53.6 Å². The van der Waals surface area contributed by atoms with Gasteiger partial charge in [0.25, 0.3) is 0 Å². The highest BCUT2D eigenvalue weighted by atomic mass is 16.5. The third-order valence-corrected chi connectivity index (χ3v) is 5.76. The van der Waals surface area contributed by atoms with Gasteiger partial charge in [-0.25, -0.2) is 0 Å². The zero-order chi connectivity index (χ0) is 22.7.